The van der Waals surface area contributed by atoms with Gasteiger partial charge in [-0.3, -0.25) is 4.68 Å². The Morgan fingerprint density at radius 3 is 2.71 bits per heavy atom. The molecule has 21 heavy (non-hydrogen) atoms. The summed E-state index contributed by atoms with van der Waals surface area (Å²) in [6.45, 7) is 5.78. The topological polar surface area (TPSA) is 44.9 Å². The van der Waals surface area contributed by atoms with Gasteiger partial charge < -0.3 is 4.90 Å². The number of aromatic nitrogens is 2. The van der Waals surface area contributed by atoms with Crippen molar-refractivity contribution in [1.82, 2.24) is 9.78 Å². The van der Waals surface area contributed by atoms with Gasteiger partial charge in [0.05, 0.1) is 24.7 Å². The molecule has 0 N–H and O–H groups in total. The van der Waals surface area contributed by atoms with Gasteiger partial charge in [0.15, 0.2) is 0 Å². The normalized spacial score (nSPS) is 11.9. The minimum atomic E-state index is 0.419. The van der Waals surface area contributed by atoms with E-state index in [1.165, 1.54) is 0 Å². The van der Waals surface area contributed by atoms with Crippen molar-refractivity contribution >= 4 is 5.69 Å². The molecule has 2 rings (SSSR count). The molecule has 1 aromatic carbocycles. The summed E-state index contributed by atoms with van der Waals surface area (Å²) < 4.78 is 2.02. The van der Waals surface area contributed by atoms with Gasteiger partial charge in [0.1, 0.15) is 0 Å². The Hall–Kier alpha value is -2.28. The summed E-state index contributed by atoms with van der Waals surface area (Å²) in [6, 6.07) is 14.9. The third-order valence-electron chi connectivity index (χ3n) is 3.67. The first-order chi connectivity index (χ1) is 10.2. The Kier molecular flexibility index (Phi) is 5.39. The Balaban J connectivity index is 2.12. The third kappa shape index (κ3) is 4.09. The van der Waals surface area contributed by atoms with Gasteiger partial charge >= 0.3 is 0 Å². The molecule has 4 heteroatoms. The maximum Gasteiger partial charge on any atom is 0.0817 e. The highest BCUT2D eigenvalue weighted by Crippen LogP contribution is 2.17. The van der Waals surface area contributed by atoms with Crippen molar-refractivity contribution in [2.24, 2.45) is 0 Å². The molecule has 1 heterocycles. The maximum atomic E-state index is 8.84. The molecule has 0 radical (unpaired) electrons. The van der Waals surface area contributed by atoms with Crippen LogP contribution in [-0.2, 0) is 6.54 Å². The average molecular weight is 282 g/mol. The van der Waals surface area contributed by atoms with E-state index in [0.717, 1.165) is 30.9 Å². The molecule has 0 saturated carbocycles. The van der Waals surface area contributed by atoms with Crippen LogP contribution in [0.5, 0.6) is 0 Å². The van der Waals surface area contributed by atoms with Gasteiger partial charge in [-0.05, 0) is 31.5 Å². The lowest BCUT2D eigenvalue weighted by atomic mass is 10.2. The van der Waals surface area contributed by atoms with E-state index in [2.05, 4.69) is 48.1 Å². The smallest absolute Gasteiger partial charge is 0.0817 e. The van der Waals surface area contributed by atoms with Crippen LogP contribution in [0.1, 0.15) is 38.4 Å². The summed E-state index contributed by atoms with van der Waals surface area (Å²) in [5.41, 5.74) is 2.17. The lowest BCUT2D eigenvalue weighted by molar-refractivity contribution is 0.473. The monoisotopic (exact) mass is 282 g/mol. The molecule has 0 aliphatic carbocycles. The lowest BCUT2D eigenvalue weighted by Gasteiger charge is -2.22. The van der Waals surface area contributed by atoms with E-state index >= 15 is 0 Å². The first kappa shape index (κ1) is 15.1. The molecular weight excluding hydrogens is 260 g/mol. The summed E-state index contributed by atoms with van der Waals surface area (Å²) in [7, 11) is 0. The fraction of sp³-hybridized carbons (Fsp3) is 0.412. The molecule has 0 aliphatic rings. The number of rotatable bonds is 7. The van der Waals surface area contributed by atoms with E-state index in [1.54, 1.807) is 0 Å². The number of nitriles is 1. The fourth-order valence-electron chi connectivity index (χ4n) is 2.21. The van der Waals surface area contributed by atoms with Crippen LogP contribution in [0.3, 0.4) is 0 Å². The molecule has 0 amide bonds. The van der Waals surface area contributed by atoms with E-state index in [1.807, 2.05) is 29.1 Å². The zero-order valence-electron chi connectivity index (χ0n) is 12.7. The lowest BCUT2D eigenvalue weighted by Crippen LogP contribution is -2.24. The number of hydrogen-bond donors (Lipinski definition) is 0. The van der Waals surface area contributed by atoms with Crippen molar-refractivity contribution < 1.29 is 0 Å². The summed E-state index contributed by atoms with van der Waals surface area (Å²) in [4.78, 5) is 2.20. The Morgan fingerprint density at radius 1 is 1.29 bits per heavy atom. The van der Waals surface area contributed by atoms with Crippen molar-refractivity contribution in [3.05, 3.63) is 48.3 Å². The van der Waals surface area contributed by atoms with Crippen molar-refractivity contribution in [3.8, 4) is 6.07 Å². The van der Waals surface area contributed by atoms with E-state index in [0.29, 0.717) is 12.5 Å². The number of benzene rings is 1. The van der Waals surface area contributed by atoms with Crippen LogP contribution in [0.2, 0.25) is 0 Å². The van der Waals surface area contributed by atoms with Crippen LogP contribution >= 0.6 is 0 Å². The minimum Gasteiger partial charge on any atom is -0.365 e. The highest BCUT2D eigenvalue weighted by molar-refractivity contribution is 5.46. The third-order valence-corrected chi connectivity index (χ3v) is 3.67. The zero-order chi connectivity index (χ0) is 15.1. The van der Waals surface area contributed by atoms with E-state index in [9.17, 15) is 0 Å². The standard InChI is InChI=1S/C17H22N4/c1-3-15(2)21-13-10-16(19-21)14-20(12-7-11-18)17-8-5-4-6-9-17/h4-6,8-10,13,15H,3,7,12,14H2,1-2H3. The van der Waals surface area contributed by atoms with Crippen LogP contribution in [0, 0.1) is 11.3 Å². The Morgan fingerprint density at radius 2 is 2.05 bits per heavy atom. The first-order valence-electron chi connectivity index (χ1n) is 7.45. The van der Waals surface area contributed by atoms with Crippen LogP contribution in [-0.4, -0.2) is 16.3 Å². The van der Waals surface area contributed by atoms with Gasteiger partial charge in [0.2, 0.25) is 0 Å². The van der Waals surface area contributed by atoms with Crippen LogP contribution in [0.25, 0.3) is 0 Å². The quantitative estimate of drug-likeness (QED) is 0.776. The second-order valence-electron chi connectivity index (χ2n) is 5.21. The van der Waals surface area contributed by atoms with Gasteiger partial charge in [-0.2, -0.15) is 10.4 Å². The van der Waals surface area contributed by atoms with Gasteiger partial charge in [-0.15, -0.1) is 0 Å². The predicted octanol–water partition coefficient (Wildman–Crippen LogP) is 3.77. The van der Waals surface area contributed by atoms with Crippen LogP contribution in [0.4, 0.5) is 5.69 Å². The number of hydrogen-bond acceptors (Lipinski definition) is 3. The SMILES string of the molecule is CCC(C)n1ccc(CN(CCC#N)c2ccccc2)n1. The second-order valence-corrected chi connectivity index (χ2v) is 5.21. The van der Waals surface area contributed by atoms with Gasteiger partial charge in [0, 0.05) is 24.5 Å². The zero-order valence-corrected chi connectivity index (χ0v) is 12.7. The molecule has 110 valence electrons. The number of para-hydroxylation sites is 1. The Bertz CT molecular complexity index is 582. The fourth-order valence-corrected chi connectivity index (χ4v) is 2.21. The molecule has 2 aromatic rings. The summed E-state index contributed by atoms with van der Waals surface area (Å²) in [5.74, 6) is 0. The molecule has 0 bridgehead atoms. The molecule has 0 spiro atoms. The average Bonchev–Trinajstić information content (AvgIpc) is 3.00. The van der Waals surface area contributed by atoms with Crippen molar-refractivity contribution in [1.29, 1.82) is 5.26 Å². The summed E-state index contributed by atoms with van der Waals surface area (Å²) in [6.07, 6.45) is 3.62. The van der Waals surface area contributed by atoms with E-state index < -0.39 is 0 Å². The van der Waals surface area contributed by atoms with Crippen molar-refractivity contribution in [3.63, 3.8) is 0 Å². The van der Waals surface area contributed by atoms with Gasteiger partial charge in [0.25, 0.3) is 0 Å². The molecule has 0 saturated heterocycles. The molecular formula is C17H22N4. The van der Waals surface area contributed by atoms with Gasteiger partial charge in [-0.25, -0.2) is 0 Å². The van der Waals surface area contributed by atoms with E-state index in [-0.39, 0.29) is 0 Å². The minimum absolute atomic E-state index is 0.419. The molecule has 1 unspecified atom stereocenters. The highest BCUT2D eigenvalue weighted by Gasteiger charge is 2.10. The molecule has 0 aliphatic heterocycles. The van der Waals surface area contributed by atoms with Crippen molar-refractivity contribution in [2.75, 3.05) is 11.4 Å². The van der Waals surface area contributed by atoms with Crippen LogP contribution in [0.15, 0.2) is 42.6 Å². The second kappa shape index (κ2) is 7.49. The molecule has 0 fully saturated rings. The van der Waals surface area contributed by atoms with E-state index in [4.69, 9.17) is 5.26 Å². The largest absolute Gasteiger partial charge is 0.365 e. The molecule has 4 nitrogen and oxygen atoms in total. The molecule has 1 atom stereocenters. The van der Waals surface area contributed by atoms with Crippen LogP contribution < -0.4 is 4.90 Å². The van der Waals surface area contributed by atoms with Gasteiger partial charge in [-0.1, -0.05) is 25.1 Å². The Labute approximate surface area is 126 Å². The number of anilines is 1. The van der Waals surface area contributed by atoms with Crippen molar-refractivity contribution in [2.45, 2.75) is 39.3 Å². The highest BCUT2D eigenvalue weighted by atomic mass is 15.3. The molecule has 1 aromatic heterocycles. The number of nitrogens with zero attached hydrogens (tertiary/aromatic N) is 4. The first-order valence-corrected chi connectivity index (χ1v) is 7.45. The maximum absolute atomic E-state index is 8.84. The summed E-state index contributed by atoms with van der Waals surface area (Å²) >= 11 is 0. The predicted molar refractivity (Wildman–Crippen MR) is 85.0 cm³/mol. The summed E-state index contributed by atoms with van der Waals surface area (Å²) in [5, 5.41) is 13.5.